The number of ether oxygens (including phenoxy) is 1. The topological polar surface area (TPSA) is 58.6 Å². The van der Waals surface area contributed by atoms with E-state index < -0.39 is 0 Å². The summed E-state index contributed by atoms with van der Waals surface area (Å²) in [6.07, 6.45) is 4.32. The van der Waals surface area contributed by atoms with Gasteiger partial charge in [0.15, 0.2) is 0 Å². The fourth-order valence-corrected chi connectivity index (χ4v) is 4.43. The van der Waals surface area contributed by atoms with Gasteiger partial charge in [-0.05, 0) is 43.9 Å². The van der Waals surface area contributed by atoms with Crippen LogP contribution in [-0.4, -0.2) is 49.6 Å². The molecule has 1 saturated carbocycles. The van der Waals surface area contributed by atoms with Crippen LogP contribution in [0.2, 0.25) is 0 Å². The first kappa shape index (κ1) is 18.8. The van der Waals surface area contributed by atoms with Crippen LogP contribution < -0.4 is 5.32 Å². The minimum Gasteiger partial charge on any atom is -0.383 e. The van der Waals surface area contributed by atoms with Crippen molar-refractivity contribution in [3.8, 4) is 0 Å². The molecule has 1 aromatic carbocycles. The van der Waals surface area contributed by atoms with E-state index in [1.165, 1.54) is 6.07 Å². The molecule has 2 amide bonds. The Kier molecular flexibility index (Phi) is 5.61. The molecule has 6 heteroatoms. The summed E-state index contributed by atoms with van der Waals surface area (Å²) in [4.78, 5) is 26.8. The Balaban J connectivity index is 1.70. The van der Waals surface area contributed by atoms with E-state index in [0.717, 1.165) is 25.7 Å². The molecule has 0 unspecified atom stereocenters. The van der Waals surface area contributed by atoms with E-state index in [9.17, 15) is 14.0 Å². The van der Waals surface area contributed by atoms with Gasteiger partial charge in [0.25, 0.3) is 5.91 Å². The standard InChI is InChI=1S/C20H27FN2O3/c1-14-5-6-15(12-16(14)21)19(25)22-13-20-8-3-4-17(20)23(10-11-26-2)18(24)7-9-20/h5-6,12,17H,3-4,7-11,13H2,1-2H3,(H,22,25)/t17-,20+/m1/s1. The summed E-state index contributed by atoms with van der Waals surface area (Å²) < 4.78 is 18.9. The van der Waals surface area contributed by atoms with E-state index in [0.29, 0.717) is 37.2 Å². The van der Waals surface area contributed by atoms with Gasteiger partial charge in [-0.3, -0.25) is 9.59 Å². The number of fused-ring (bicyclic) bond motifs is 1. The number of methoxy groups -OCH3 is 1. The number of hydrogen-bond acceptors (Lipinski definition) is 3. The molecule has 142 valence electrons. The van der Waals surface area contributed by atoms with Crippen molar-refractivity contribution in [2.45, 2.75) is 45.1 Å². The quantitative estimate of drug-likeness (QED) is 0.846. The molecule has 26 heavy (non-hydrogen) atoms. The molecule has 2 fully saturated rings. The van der Waals surface area contributed by atoms with Gasteiger partial charge in [-0.1, -0.05) is 12.5 Å². The van der Waals surface area contributed by atoms with Crippen LogP contribution in [0.25, 0.3) is 0 Å². The molecule has 5 nitrogen and oxygen atoms in total. The third-order valence-corrected chi connectivity index (χ3v) is 5.96. The van der Waals surface area contributed by atoms with E-state index in [1.807, 2.05) is 4.90 Å². The van der Waals surface area contributed by atoms with Crippen molar-refractivity contribution in [2.24, 2.45) is 5.41 Å². The minimum absolute atomic E-state index is 0.0828. The number of likely N-dealkylation sites (tertiary alicyclic amines) is 1. The lowest BCUT2D eigenvalue weighted by atomic mass is 9.74. The summed E-state index contributed by atoms with van der Waals surface area (Å²) >= 11 is 0. The van der Waals surface area contributed by atoms with E-state index in [-0.39, 0.29) is 29.1 Å². The van der Waals surface area contributed by atoms with Gasteiger partial charge in [0, 0.05) is 43.6 Å². The van der Waals surface area contributed by atoms with E-state index in [4.69, 9.17) is 4.74 Å². The van der Waals surface area contributed by atoms with Crippen LogP contribution in [-0.2, 0) is 9.53 Å². The van der Waals surface area contributed by atoms with Gasteiger partial charge in [-0.15, -0.1) is 0 Å². The minimum atomic E-state index is -0.372. The summed E-state index contributed by atoms with van der Waals surface area (Å²) in [5.74, 6) is -0.454. The third kappa shape index (κ3) is 3.61. The van der Waals surface area contributed by atoms with E-state index in [2.05, 4.69) is 5.32 Å². The molecule has 0 aromatic heterocycles. The maximum atomic E-state index is 13.7. The SMILES string of the molecule is COCCN1C(=O)CC[C@]2(CNC(=O)c3ccc(C)c(F)c3)CCC[C@@H]12. The summed E-state index contributed by atoms with van der Waals surface area (Å²) in [6.45, 7) is 3.31. The molecule has 0 spiro atoms. The van der Waals surface area contributed by atoms with Crippen LogP contribution in [0.15, 0.2) is 18.2 Å². The van der Waals surface area contributed by atoms with Crippen LogP contribution in [0.5, 0.6) is 0 Å². The third-order valence-electron chi connectivity index (χ3n) is 5.96. The van der Waals surface area contributed by atoms with Gasteiger partial charge in [0.2, 0.25) is 5.91 Å². The first-order valence-electron chi connectivity index (χ1n) is 9.29. The lowest BCUT2D eigenvalue weighted by molar-refractivity contribution is -0.142. The van der Waals surface area contributed by atoms with Crippen molar-refractivity contribution >= 4 is 11.8 Å². The highest BCUT2D eigenvalue weighted by molar-refractivity contribution is 5.94. The predicted octanol–water partition coefficient (Wildman–Crippen LogP) is 2.67. The number of rotatable bonds is 6. The summed E-state index contributed by atoms with van der Waals surface area (Å²) in [7, 11) is 1.64. The number of benzene rings is 1. The Morgan fingerprint density at radius 3 is 2.96 bits per heavy atom. The zero-order valence-corrected chi connectivity index (χ0v) is 15.5. The highest BCUT2D eigenvalue weighted by Crippen LogP contribution is 2.47. The van der Waals surface area contributed by atoms with Gasteiger partial charge in [-0.2, -0.15) is 0 Å². The molecule has 2 aliphatic rings. The molecular formula is C20H27FN2O3. The van der Waals surface area contributed by atoms with Gasteiger partial charge >= 0.3 is 0 Å². The molecule has 0 radical (unpaired) electrons. The van der Waals surface area contributed by atoms with Gasteiger partial charge < -0.3 is 15.0 Å². The van der Waals surface area contributed by atoms with Crippen LogP contribution >= 0.6 is 0 Å². The molecule has 1 saturated heterocycles. The normalized spacial score (nSPS) is 25.3. The van der Waals surface area contributed by atoms with Crippen molar-refractivity contribution < 1.29 is 18.7 Å². The molecule has 1 aliphatic carbocycles. The average molecular weight is 362 g/mol. The Hall–Kier alpha value is -1.95. The number of hydrogen-bond donors (Lipinski definition) is 1. The van der Waals surface area contributed by atoms with Crippen LogP contribution in [0.4, 0.5) is 4.39 Å². The number of carbonyl (C=O) groups excluding carboxylic acids is 2. The Morgan fingerprint density at radius 2 is 2.23 bits per heavy atom. The Labute approximate surface area is 153 Å². The Morgan fingerprint density at radius 1 is 1.42 bits per heavy atom. The molecule has 1 N–H and O–H groups in total. The van der Waals surface area contributed by atoms with Gasteiger partial charge in [-0.25, -0.2) is 4.39 Å². The lowest BCUT2D eigenvalue weighted by Crippen LogP contribution is -2.56. The Bertz CT molecular complexity index is 694. The zero-order valence-electron chi connectivity index (χ0n) is 15.5. The number of aryl methyl sites for hydroxylation is 1. The fraction of sp³-hybridized carbons (Fsp3) is 0.600. The number of nitrogens with zero attached hydrogens (tertiary/aromatic N) is 1. The number of carbonyl (C=O) groups is 2. The second-order valence-electron chi connectivity index (χ2n) is 7.50. The molecule has 3 rings (SSSR count). The van der Waals surface area contributed by atoms with E-state index >= 15 is 0 Å². The summed E-state index contributed by atoms with van der Waals surface area (Å²) in [5, 5.41) is 2.99. The molecule has 1 aromatic rings. The molecule has 1 heterocycles. The zero-order chi connectivity index (χ0) is 18.7. The number of halogens is 1. The van der Waals surface area contributed by atoms with Crippen molar-refractivity contribution in [1.29, 1.82) is 0 Å². The van der Waals surface area contributed by atoms with Crippen molar-refractivity contribution in [1.82, 2.24) is 10.2 Å². The van der Waals surface area contributed by atoms with E-state index in [1.54, 1.807) is 26.2 Å². The molecule has 0 bridgehead atoms. The number of amides is 2. The number of piperidine rings is 1. The van der Waals surface area contributed by atoms with Gasteiger partial charge in [0.1, 0.15) is 5.82 Å². The van der Waals surface area contributed by atoms with Crippen molar-refractivity contribution in [3.05, 3.63) is 35.1 Å². The maximum absolute atomic E-state index is 13.7. The maximum Gasteiger partial charge on any atom is 0.251 e. The summed E-state index contributed by atoms with van der Waals surface area (Å²) in [6, 6.07) is 4.69. The van der Waals surface area contributed by atoms with Crippen LogP contribution in [0.3, 0.4) is 0 Å². The van der Waals surface area contributed by atoms with Gasteiger partial charge in [0.05, 0.1) is 6.61 Å². The molecule has 1 aliphatic heterocycles. The number of nitrogens with one attached hydrogen (secondary N) is 1. The predicted molar refractivity (Wildman–Crippen MR) is 96.4 cm³/mol. The van der Waals surface area contributed by atoms with Crippen molar-refractivity contribution in [2.75, 3.05) is 26.8 Å². The first-order chi connectivity index (χ1) is 12.5. The largest absolute Gasteiger partial charge is 0.383 e. The van der Waals surface area contributed by atoms with Crippen LogP contribution in [0.1, 0.15) is 48.0 Å². The summed E-state index contributed by atoms with van der Waals surface area (Å²) in [5.41, 5.74) is 0.776. The fourth-order valence-electron chi connectivity index (χ4n) is 4.43. The highest BCUT2D eigenvalue weighted by atomic mass is 19.1. The highest BCUT2D eigenvalue weighted by Gasteiger charge is 2.50. The lowest BCUT2D eigenvalue weighted by Gasteiger charge is -2.46. The monoisotopic (exact) mass is 362 g/mol. The second-order valence-corrected chi connectivity index (χ2v) is 7.50. The average Bonchev–Trinajstić information content (AvgIpc) is 3.06. The smallest absolute Gasteiger partial charge is 0.251 e. The molecular weight excluding hydrogens is 335 g/mol. The molecule has 2 atom stereocenters. The van der Waals surface area contributed by atoms with Crippen LogP contribution in [0, 0.1) is 18.2 Å². The van der Waals surface area contributed by atoms with Crippen molar-refractivity contribution in [3.63, 3.8) is 0 Å². The first-order valence-corrected chi connectivity index (χ1v) is 9.29. The second kappa shape index (κ2) is 7.74.